The summed E-state index contributed by atoms with van der Waals surface area (Å²) >= 11 is 0. The Hall–Kier alpha value is -4.11. The average molecular weight is 619 g/mol. The molecule has 0 saturated heterocycles. The molecule has 3 aromatic rings. The highest BCUT2D eigenvalue weighted by atomic mass is 32.2. The fourth-order valence-corrected chi connectivity index (χ4v) is 5.41. The maximum absolute atomic E-state index is 14.3. The molecule has 230 valence electrons. The molecule has 0 bridgehead atoms. The Bertz CT molecular complexity index is 1620. The number of aromatic nitrogens is 4. The maximum atomic E-state index is 14.3. The van der Waals surface area contributed by atoms with Crippen LogP contribution in [0.1, 0.15) is 66.1 Å². The van der Waals surface area contributed by atoms with Gasteiger partial charge in [0.05, 0.1) is 46.2 Å². The number of aliphatic imine (C=N–C) groups is 1. The van der Waals surface area contributed by atoms with Crippen molar-refractivity contribution in [3.63, 3.8) is 0 Å². The fourth-order valence-electron chi connectivity index (χ4n) is 4.67. The molecular formula is C28H35F3N9O2S+. The Morgan fingerprint density at radius 1 is 1.26 bits per heavy atom. The first kappa shape index (κ1) is 31.8. The van der Waals surface area contributed by atoms with E-state index in [9.17, 15) is 22.2 Å². The third-order valence-corrected chi connectivity index (χ3v) is 8.26. The van der Waals surface area contributed by atoms with Gasteiger partial charge in [0.1, 0.15) is 11.6 Å². The summed E-state index contributed by atoms with van der Waals surface area (Å²) in [5.41, 5.74) is 6.54. The summed E-state index contributed by atoms with van der Waals surface area (Å²) in [5, 5.41) is 10.0. The van der Waals surface area contributed by atoms with Crippen molar-refractivity contribution >= 4 is 39.8 Å². The molecule has 43 heavy (non-hydrogen) atoms. The van der Waals surface area contributed by atoms with Crippen LogP contribution in [0, 0.1) is 0 Å². The number of H-pyrrole nitrogens is 1. The number of halogens is 3. The topological polar surface area (TPSA) is 145 Å². The minimum Gasteiger partial charge on any atom is -0.404 e. The molecule has 11 nitrogen and oxygen atoms in total. The lowest BCUT2D eigenvalue weighted by atomic mass is 9.99. The molecule has 2 aromatic heterocycles. The zero-order valence-corrected chi connectivity index (χ0v) is 25.6. The van der Waals surface area contributed by atoms with Gasteiger partial charge in [-0.3, -0.25) is 14.7 Å². The van der Waals surface area contributed by atoms with Crippen LogP contribution in [-0.4, -0.2) is 49.3 Å². The number of anilines is 2. The minimum absolute atomic E-state index is 0.0817. The number of nitrogens with two attached hydrogens (primary N) is 1. The number of carbonyl (C=O) groups is 1. The van der Waals surface area contributed by atoms with Crippen LogP contribution >= 0.6 is 0 Å². The number of amides is 1. The van der Waals surface area contributed by atoms with Crippen LogP contribution in [0.25, 0.3) is 5.57 Å². The zero-order chi connectivity index (χ0) is 31.7. The van der Waals surface area contributed by atoms with E-state index in [1.54, 1.807) is 57.9 Å². The number of fused-ring (bicyclic) bond motifs is 1. The molecule has 1 atom stereocenters. The van der Waals surface area contributed by atoms with Crippen LogP contribution in [-0.2, 0) is 37.3 Å². The molecule has 0 fully saturated rings. The fraction of sp³-hybridized carbons (Fsp3) is 0.393. The molecule has 5 N–H and O–H groups in total. The lowest BCUT2D eigenvalue weighted by Crippen LogP contribution is -2.33. The summed E-state index contributed by atoms with van der Waals surface area (Å²) in [6.45, 7) is 7.18. The number of carbonyl (C=O) groups excluding carboxylic acids is 1. The number of allylic oxidation sites excluding steroid dienone is 1. The van der Waals surface area contributed by atoms with Crippen molar-refractivity contribution in [1.82, 2.24) is 19.9 Å². The van der Waals surface area contributed by atoms with Gasteiger partial charge >= 0.3 is 6.18 Å². The van der Waals surface area contributed by atoms with Gasteiger partial charge in [-0.25, -0.2) is 18.5 Å². The molecule has 1 unspecified atom stereocenters. The summed E-state index contributed by atoms with van der Waals surface area (Å²) in [5.74, 6) is 0.481. The number of aromatic amines is 1. The number of pyridine rings is 1. The second-order valence-electron chi connectivity index (χ2n) is 10.9. The van der Waals surface area contributed by atoms with Crippen molar-refractivity contribution in [3.05, 3.63) is 70.4 Å². The van der Waals surface area contributed by atoms with Gasteiger partial charge in [0.2, 0.25) is 0 Å². The Balaban J connectivity index is 1.78. The van der Waals surface area contributed by atoms with E-state index < -0.39 is 33.4 Å². The minimum atomic E-state index is -4.72. The smallest absolute Gasteiger partial charge is 0.404 e. The number of rotatable bonds is 9. The number of nitrogens with one attached hydrogen (secondary N) is 3. The Kier molecular flexibility index (Phi) is 9.06. The first-order valence-electron chi connectivity index (χ1n) is 13.4. The second kappa shape index (κ2) is 12.2. The monoisotopic (exact) mass is 618 g/mol. The second-order valence-corrected chi connectivity index (χ2v) is 12.9. The summed E-state index contributed by atoms with van der Waals surface area (Å²) in [4.78, 5) is 23.9. The first-order chi connectivity index (χ1) is 20.2. The lowest BCUT2D eigenvalue weighted by molar-refractivity contribution is -0.673. The van der Waals surface area contributed by atoms with Crippen LogP contribution in [0.5, 0.6) is 0 Å². The number of benzene rings is 1. The van der Waals surface area contributed by atoms with Gasteiger partial charge in [0, 0.05) is 42.6 Å². The van der Waals surface area contributed by atoms with E-state index in [-0.39, 0.29) is 35.6 Å². The van der Waals surface area contributed by atoms with E-state index >= 15 is 0 Å². The van der Waals surface area contributed by atoms with Crippen molar-refractivity contribution in [2.24, 2.45) is 17.8 Å². The molecule has 0 saturated carbocycles. The van der Waals surface area contributed by atoms with Crippen LogP contribution < -0.4 is 25.2 Å². The molecular weight excluding hydrogens is 583 g/mol. The predicted molar refractivity (Wildman–Crippen MR) is 159 cm³/mol. The first-order valence-corrected chi connectivity index (χ1v) is 14.6. The third kappa shape index (κ3) is 6.62. The van der Waals surface area contributed by atoms with Crippen LogP contribution in [0.3, 0.4) is 0 Å². The Labute approximate surface area is 250 Å². The molecule has 1 aromatic carbocycles. The third-order valence-electron chi connectivity index (χ3n) is 6.74. The van der Waals surface area contributed by atoms with Crippen LogP contribution in [0.15, 0.2) is 41.8 Å². The normalized spacial score (nSPS) is 15.2. The van der Waals surface area contributed by atoms with Gasteiger partial charge in [0.25, 0.3) is 18.1 Å². The molecule has 1 aliphatic rings. The largest absolute Gasteiger partial charge is 0.416 e. The number of nitrogens with zero attached hydrogens (tertiary/aromatic N) is 5. The molecule has 4 rings (SSSR count). The average Bonchev–Trinajstić information content (AvgIpc) is 3.51. The van der Waals surface area contributed by atoms with Gasteiger partial charge in [0.15, 0.2) is 0 Å². The number of alkyl halides is 3. The van der Waals surface area contributed by atoms with Crippen molar-refractivity contribution in [3.8, 4) is 0 Å². The quantitative estimate of drug-likeness (QED) is 0.214. The summed E-state index contributed by atoms with van der Waals surface area (Å²) in [6.07, 6.45) is -1.78. The van der Waals surface area contributed by atoms with Gasteiger partial charge in [-0.1, -0.05) is 0 Å². The summed E-state index contributed by atoms with van der Waals surface area (Å²) in [6, 6.07) is 5.74. The van der Waals surface area contributed by atoms with Crippen molar-refractivity contribution in [1.29, 1.82) is 0 Å². The van der Waals surface area contributed by atoms with E-state index in [4.69, 9.17) is 5.73 Å². The van der Waals surface area contributed by atoms with E-state index in [1.807, 2.05) is 6.92 Å². The maximum Gasteiger partial charge on any atom is 0.416 e. The summed E-state index contributed by atoms with van der Waals surface area (Å²) < 4.78 is 59.1. The van der Waals surface area contributed by atoms with Crippen molar-refractivity contribution in [2.45, 2.75) is 51.7 Å². The lowest BCUT2D eigenvalue weighted by Gasteiger charge is -2.19. The highest BCUT2D eigenvalue weighted by Gasteiger charge is 2.41. The number of hydrogen-bond donors (Lipinski definition) is 4. The predicted octanol–water partition coefficient (Wildman–Crippen LogP) is 3.21. The number of aryl methyl sites for hydroxylation is 1. The van der Waals surface area contributed by atoms with E-state index in [0.29, 0.717) is 35.0 Å². The highest BCUT2D eigenvalue weighted by molar-refractivity contribution is 7.84. The van der Waals surface area contributed by atoms with Crippen molar-refractivity contribution < 1.29 is 26.7 Å². The van der Waals surface area contributed by atoms with Crippen LogP contribution in [0.2, 0.25) is 0 Å². The van der Waals surface area contributed by atoms with E-state index in [0.717, 1.165) is 6.07 Å². The van der Waals surface area contributed by atoms with Gasteiger partial charge < -0.3 is 11.1 Å². The van der Waals surface area contributed by atoms with E-state index in [2.05, 4.69) is 30.2 Å². The standard InChI is InChI=1S/C28H34F3N9O2S/c1-7-34-22-10-17(24(33-5)19(12-32)25-38-35-15-39(25)6)11-23(37-22)40-14-20-18(26(40)41)8-16(9-21(20)28(29,30)31)13-36-43(42)27(2,3)4/h8-12,15,36H,7,13-14H2,1-6H3,(H3,32,33,34,37,38)/p+1. The van der Waals surface area contributed by atoms with Crippen LogP contribution in [0.4, 0.5) is 24.8 Å². The van der Waals surface area contributed by atoms with Gasteiger partial charge in [-0.05, 0) is 63.1 Å². The van der Waals surface area contributed by atoms with Gasteiger partial charge in [-0.2, -0.15) is 13.2 Å². The summed E-state index contributed by atoms with van der Waals surface area (Å²) in [7, 11) is 1.84. The molecule has 1 amide bonds. The molecule has 15 heteroatoms. The van der Waals surface area contributed by atoms with Crippen molar-refractivity contribution in [2.75, 3.05) is 23.8 Å². The highest BCUT2D eigenvalue weighted by Crippen LogP contribution is 2.39. The van der Waals surface area contributed by atoms with E-state index in [1.165, 1.54) is 17.2 Å². The molecule has 3 heterocycles. The molecule has 0 radical (unpaired) electrons. The molecule has 0 spiro atoms. The molecule has 1 aliphatic heterocycles. The molecule has 0 aliphatic carbocycles. The Morgan fingerprint density at radius 3 is 2.53 bits per heavy atom. The number of hydrogen-bond acceptors (Lipinski definition) is 7. The zero-order valence-electron chi connectivity index (χ0n) is 24.8. The van der Waals surface area contributed by atoms with Gasteiger partial charge in [-0.15, -0.1) is 5.10 Å². The SMILES string of the molecule is CCNc1cc(C(=NC)/C(=C\N)c2[nH]nc[n+]2C)cc(N2Cc3c(cc(CNS(=O)C(C)(C)C)cc3C(F)(F)F)C2=O)n1. The Morgan fingerprint density at radius 2 is 1.98 bits per heavy atom.